The van der Waals surface area contributed by atoms with Crippen LogP contribution in [0.1, 0.15) is 6.42 Å². The van der Waals surface area contributed by atoms with Crippen molar-refractivity contribution < 1.29 is 14.6 Å². The van der Waals surface area contributed by atoms with Crippen molar-refractivity contribution in [3.8, 4) is 28.5 Å². The van der Waals surface area contributed by atoms with E-state index in [2.05, 4.69) is 5.10 Å². The molecule has 0 atom stereocenters. The van der Waals surface area contributed by atoms with Gasteiger partial charge < -0.3 is 20.3 Å². The highest BCUT2D eigenvalue weighted by molar-refractivity contribution is 5.78. The third kappa shape index (κ3) is 1.95. The Morgan fingerprint density at radius 3 is 2.84 bits per heavy atom. The minimum atomic E-state index is 0.0994. The summed E-state index contributed by atoms with van der Waals surface area (Å²) in [6.07, 6.45) is 0.805. The van der Waals surface area contributed by atoms with Crippen molar-refractivity contribution in [3.05, 3.63) is 18.2 Å². The Balaban J connectivity index is 2.19. The van der Waals surface area contributed by atoms with E-state index in [-0.39, 0.29) is 5.75 Å². The van der Waals surface area contributed by atoms with E-state index in [0.29, 0.717) is 41.8 Å². The Morgan fingerprint density at radius 2 is 2.11 bits per heavy atom. The van der Waals surface area contributed by atoms with E-state index in [0.717, 1.165) is 6.42 Å². The Bertz CT molecular complexity index is 602. The second kappa shape index (κ2) is 4.38. The lowest BCUT2D eigenvalue weighted by atomic mass is 10.1. The zero-order chi connectivity index (χ0) is 13.4. The van der Waals surface area contributed by atoms with Crippen LogP contribution >= 0.6 is 0 Å². The topological polar surface area (TPSA) is 82.5 Å². The number of fused-ring (bicyclic) bond motifs is 1. The molecule has 0 saturated heterocycles. The van der Waals surface area contributed by atoms with Gasteiger partial charge in [-0.15, -0.1) is 0 Å². The highest BCUT2D eigenvalue weighted by atomic mass is 16.5. The first-order valence-electron chi connectivity index (χ1n) is 6.08. The maximum atomic E-state index is 10.1. The number of aromatic nitrogens is 2. The Hall–Kier alpha value is -2.37. The van der Waals surface area contributed by atoms with Gasteiger partial charge in [-0.05, 0) is 12.1 Å². The van der Waals surface area contributed by atoms with Gasteiger partial charge in [-0.2, -0.15) is 5.10 Å². The van der Waals surface area contributed by atoms with E-state index in [1.54, 1.807) is 29.9 Å². The average molecular weight is 261 g/mol. The fraction of sp³-hybridized carbons (Fsp3) is 0.308. The highest BCUT2D eigenvalue weighted by Gasteiger charge is 2.21. The smallest absolute Gasteiger partial charge is 0.174 e. The molecule has 6 heteroatoms. The number of aryl methyl sites for hydroxylation is 1. The number of ether oxygens (including phenoxy) is 2. The number of hydrogen-bond donors (Lipinski definition) is 2. The molecule has 3 rings (SSSR count). The number of aromatic hydroxyl groups is 1. The van der Waals surface area contributed by atoms with Gasteiger partial charge >= 0.3 is 0 Å². The van der Waals surface area contributed by atoms with Crippen LogP contribution in [0.15, 0.2) is 18.2 Å². The summed E-state index contributed by atoms with van der Waals surface area (Å²) < 4.78 is 12.8. The lowest BCUT2D eigenvalue weighted by Gasteiger charge is -2.12. The first kappa shape index (κ1) is 11.7. The van der Waals surface area contributed by atoms with Crippen LogP contribution in [0.5, 0.6) is 17.2 Å². The molecule has 0 bridgehead atoms. The zero-order valence-corrected chi connectivity index (χ0v) is 10.6. The molecule has 0 amide bonds. The summed E-state index contributed by atoms with van der Waals surface area (Å²) in [6, 6.07) is 4.98. The quantitative estimate of drug-likeness (QED) is 0.813. The number of hydrogen-bond acceptors (Lipinski definition) is 5. The summed E-state index contributed by atoms with van der Waals surface area (Å²) in [5.74, 6) is 1.76. The number of phenolic OH excluding ortho intramolecular Hbond substituents is 1. The zero-order valence-electron chi connectivity index (χ0n) is 10.6. The molecular weight excluding hydrogens is 246 g/mol. The third-order valence-corrected chi connectivity index (χ3v) is 3.06. The number of nitrogen functional groups attached to an aromatic ring is 1. The number of phenols is 1. The third-order valence-electron chi connectivity index (χ3n) is 3.06. The normalized spacial score (nSPS) is 14.2. The van der Waals surface area contributed by atoms with Crippen LogP contribution in [0.2, 0.25) is 0 Å². The minimum Gasteiger partial charge on any atom is -0.507 e. The maximum absolute atomic E-state index is 10.1. The van der Waals surface area contributed by atoms with Gasteiger partial charge in [0.2, 0.25) is 0 Å². The predicted octanol–water partition coefficient (Wildman–Crippen LogP) is 1.54. The lowest BCUT2D eigenvalue weighted by Crippen LogP contribution is -1.98. The Labute approximate surface area is 110 Å². The van der Waals surface area contributed by atoms with Crippen LogP contribution in [-0.4, -0.2) is 28.1 Å². The molecule has 100 valence electrons. The van der Waals surface area contributed by atoms with Gasteiger partial charge in [-0.1, -0.05) is 0 Å². The molecule has 1 aromatic heterocycles. The molecule has 0 aliphatic carbocycles. The summed E-state index contributed by atoms with van der Waals surface area (Å²) in [5.41, 5.74) is 6.87. The van der Waals surface area contributed by atoms with Crippen LogP contribution in [0.4, 0.5) is 5.82 Å². The van der Waals surface area contributed by atoms with Gasteiger partial charge in [0.25, 0.3) is 0 Å². The summed E-state index contributed by atoms with van der Waals surface area (Å²) in [4.78, 5) is 0. The molecule has 0 unspecified atom stereocenters. The molecule has 1 aliphatic rings. The van der Waals surface area contributed by atoms with E-state index >= 15 is 0 Å². The molecule has 1 aliphatic heterocycles. The fourth-order valence-corrected chi connectivity index (χ4v) is 2.08. The van der Waals surface area contributed by atoms with Crippen LogP contribution in [0, 0.1) is 0 Å². The second-order valence-corrected chi connectivity index (χ2v) is 4.42. The van der Waals surface area contributed by atoms with Crippen LogP contribution in [0.3, 0.4) is 0 Å². The predicted molar refractivity (Wildman–Crippen MR) is 70.3 cm³/mol. The number of rotatable bonds is 1. The minimum absolute atomic E-state index is 0.0994. The number of nitrogens with two attached hydrogens (primary N) is 1. The first-order chi connectivity index (χ1) is 9.16. The SMILES string of the molecule is Cn1nc(-c2c(O)ccc3c2OCCCO3)cc1N. The number of anilines is 1. The summed E-state index contributed by atoms with van der Waals surface area (Å²) in [5, 5.41) is 14.4. The lowest BCUT2D eigenvalue weighted by molar-refractivity contribution is 0.297. The van der Waals surface area contributed by atoms with Crippen molar-refractivity contribution in [2.45, 2.75) is 6.42 Å². The Kier molecular flexibility index (Phi) is 2.70. The monoisotopic (exact) mass is 261 g/mol. The molecule has 2 aromatic rings. The molecule has 6 nitrogen and oxygen atoms in total. The molecule has 0 fully saturated rings. The molecule has 1 aromatic carbocycles. The van der Waals surface area contributed by atoms with Crippen molar-refractivity contribution in [1.82, 2.24) is 9.78 Å². The molecule has 0 spiro atoms. The molecule has 0 saturated carbocycles. The summed E-state index contributed by atoms with van der Waals surface area (Å²) in [6.45, 7) is 1.15. The van der Waals surface area contributed by atoms with Gasteiger partial charge in [-0.25, -0.2) is 0 Å². The van der Waals surface area contributed by atoms with E-state index in [4.69, 9.17) is 15.2 Å². The summed E-state index contributed by atoms with van der Waals surface area (Å²) >= 11 is 0. The molecular formula is C13H15N3O3. The van der Waals surface area contributed by atoms with E-state index in [1.165, 1.54) is 0 Å². The first-order valence-corrected chi connectivity index (χ1v) is 6.08. The molecule has 0 radical (unpaired) electrons. The standard InChI is InChI=1S/C13H15N3O3/c1-16-11(14)7-8(15-16)12-9(17)3-4-10-13(12)19-6-2-5-18-10/h3-4,7,17H,2,5-6,14H2,1H3. The van der Waals surface area contributed by atoms with Crippen molar-refractivity contribution in [2.75, 3.05) is 18.9 Å². The molecule has 3 N–H and O–H groups in total. The van der Waals surface area contributed by atoms with Crippen molar-refractivity contribution in [1.29, 1.82) is 0 Å². The van der Waals surface area contributed by atoms with E-state index in [1.807, 2.05) is 0 Å². The van der Waals surface area contributed by atoms with Gasteiger partial charge in [0.15, 0.2) is 11.5 Å². The van der Waals surface area contributed by atoms with Gasteiger partial charge in [-0.3, -0.25) is 4.68 Å². The maximum Gasteiger partial charge on any atom is 0.174 e. The summed E-state index contributed by atoms with van der Waals surface area (Å²) in [7, 11) is 1.74. The van der Waals surface area contributed by atoms with E-state index in [9.17, 15) is 5.11 Å². The van der Waals surface area contributed by atoms with Crippen LogP contribution < -0.4 is 15.2 Å². The van der Waals surface area contributed by atoms with Gasteiger partial charge in [0.1, 0.15) is 17.3 Å². The van der Waals surface area contributed by atoms with Crippen LogP contribution in [-0.2, 0) is 7.05 Å². The molecule has 19 heavy (non-hydrogen) atoms. The van der Waals surface area contributed by atoms with Gasteiger partial charge in [0.05, 0.1) is 18.8 Å². The van der Waals surface area contributed by atoms with Crippen molar-refractivity contribution in [3.63, 3.8) is 0 Å². The largest absolute Gasteiger partial charge is 0.507 e. The number of nitrogens with zero attached hydrogens (tertiary/aromatic N) is 2. The average Bonchev–Trinajstić information content (AvgIpc) is 2.61. The van der Waals surface area contributed by atoms with Crippen LogP contribution in [0.25, 0.3) is 11.3 Å². The fourth-order valence-electron chi connectivity index (χ4n) is 2.08. The van der Waals surface area contributed by atoms with Crippen molar-refractivity contribution >= 4 is 5.82 Å². The Morgan fingerprint density at radius 1 is 1.32 bits per heavy atom. The number of benzene rings is 1. The second-order valence-electron chi connectivity index (χ2n) is 4.42. The molecule has 2 heterocycles. The van der Waals surface area contributed by atoms with E-state index < -0.39 is 0 Å². The highest BCUT2D eigenvalue weighted by Crippen LogP contribution is 2.44. The van der Waals surface area contributed by atoms with Gasteiger partial charge in [0, 0.05) is 19.5 Å². The van der Waals surface area contributed by atoms with Crippen molar-refractivity contribution in [2.24, 2.45) is 7.05 Å².